The van der Waals surface area contributed by atoms with Crippen molar-refractivity contribution < 1.29 is 37.0 Å². The zero-order chi connectivity index (χ0) is 24.7. The predicted molar refractivity (Wildman–Crippen MR) is 120 cm³/mol. The average Bonchev–Trinajstić information content (AvgIpc) is 2.82. The van der Waals surface area contributed by atoms with E-state index in [4.69, 9.17) is 9.47 Å². The van der Waals surface area contributed by atoms with E-state index in [1.165, 1.54) is 31.2 Å². The van der Waals surface area contributed by atoms with Gasteiger partial charge in [0.1, 0.15) is 5.75 Å². The highest BCUT2D eigenvalue weighted by Gasteiger charge is 2.43. The third-order valence-corrected chi connectivity index (χ3v) is 4.89. The third kappa shape index (κ3) is 6.68. The molecule has 0 radical (unpaired) electrons. The Morgan fingerprint density at radius 1 is 0.794 bits per heavy atom. The summed E-state index contributed by atoms with van der Waals surface area (Å²) >= 11 is 0. The molecule has 0 aliphatic heterocycles. The van der Waals surface area contributed by atoms with Crippen molar-refractivity contribution in [2.75, 3.05) is 13.2 Å². The molecule has 0 fully saturated rings. The van der Waals surface area contributed by atoms with Crippen molar-refractivity contribution in [3.05, 3.63) is 89.5 Å². The predicted octanol–water partition coefficient (Wildman–Crippen LogP) is 6.01. The van der Waals surface area contributed by atoms with Crippen molar-refractivity contribution in [3.63, 3.8) is 0 Å². The summed E-state index contributed by atoms with van der Waals surface area (Å²) < 4.78 is 53.6. The van der Waals surface area contributed by atoms with E-state index in [1.807, 2.05) is 31.2 Å². The Morgan fingerprint density at radius 3 is 1.82 bits per heavy atom. The molecule has 3 rings (SSSR count). The number of hydrogen-bond acceptors (Lipinski definition) is 5. The molecule has 0 bridgehead atoms. The first-order chi connectivity index (χ1) is 16.2. The number of esters is 2. The highest BCUT2D eigenvalue weighted by molar-refractivity contribution is 5.92. The van der Waals surface area contributed by atoms with Gasteiger partial charge in [0.2, 0.25) is 6.10 Å². The van der Waals surface area contributed by atoms with Crippen LogP contribution in [-0.4, -0.2) is 37.4 Å². The molecule has 0 aliphatic rings. The number of halogens is 3. The van der Waals surface area contributed by atoms with Crippen molar-refractivity contribution >= 4 is 11.9 Å². The van der Waals surface area contributed by atoms with Crippen LogP contribution >= 0.6 is 0 Å². The normalized spacial score (nSPS) is 12.1. The monoisotopic (exact) mass is 472 g/mol. The summed E-state index contributed by atoms with van der Waals surface area (Å²) in [7, 11) is 0. The van der Waals surface area contributed by atoms with E-state index in [1.54, 1.807) is 24.3 Å². The Kier molecular flexibility index (Phi) is 8.07. The SMILES string of the molecule is CCOCC(OC(=O)c1ccc(OC(=O)c2ccc(-c3ccc(C)cc3)cc2)cc1)C(F)(F)F. The van der Waals surface area contributed by atoms with Gasteiger partial charge in [0.15, 0.2) is 0 Å². The quantitative estimate of drug-likeness (QED) is 0.297. The molecule has 178 valence electrons. The van der Waals surface area contributed by atoms with E-state index >= 15 is 0 Å². The third-order valence-electron chi connectivity index (χ3n) is 4.89. The summed E-state index contributed by atoms with van der Waals surface area (Å²) in [5.41, 5.74) is 3.31. The van der Waals surface area contributed by atoms with Crippen LogP contribution in [-0.2, 0) is 9.47 Å². The molecular weight excluding hydrogens is 449 g/mol. The van der Waals surface area contributed by atoms with Crippen molar-refractivity contribution in [3.8, 4) is 16.9 Å². The van der Waals surface area contributed by atoms with Gasteiger partial charge in [0, 0.05) is 6.61 Å². The minimum Gasteiger partial charge on any atom is -0.447 e. The van der Waals surface area contributed by atoms with Gasteiger partial charge in [-0.05, 0) is 61.4 Å². The second-order valence-corrected chi connectivity index (χ2v) is 7.45. The maximum absolute atomic E-state index is 13.0. The van der Waals surface area contributed by atoms with Crippen LogP contribution in [0.2, 0.25) is 0 Å². The molecule has 0 spiro atoms. The van der Waals surface area contributed by atoms with E-state index in [-0.39, 0.29) is 17.9 Å². The van der Waals surface area contributed by atoms with Gasteiger partial charge in [-0.2, -0.15) is 13.2 Å². The second-order valence-electron chi connectivity index (χ2n) is 7.45. The minimum absolute atomic E-state index is 0.0544. The van der Waals surface area contributed by atoms with E-state index in [0.29, 0.717) is 5.56 Å². The molecule has 5 nitrogen and oxygen atoms in total. The summed E-state index contributed by atoms with van der Waals surface area (Å²) in [5, 5.41) is 0. The average molecular weight is 472 g/mol. The zero-order valence-corrected chi connectivity index (χ0v) is 18.6. The van der Waals surface area contributed by atoms with Crippen molar-refractivity contribution in [1.82, 2.24) is 0 Å². The maximum Gasteiger partial charge on any atom is 0.427 e. The van der Waals surface area contributed by atoms with Crippen LogP contribution in [0.5, 0.6) is 5.75 Å². The highest BCUT2D eigenvalue weighted by atomic mass is 19.4. The van der Waals surface area contributed by atoms with Gasteiger partial charge < -0.3 is 14.2 Å². The number of aryl methyl sites for hydroxylation is 1. The molecule has 3 aromatic carbocycles. The fourth-order valence-corrected chi connectivity index (χ4v) is 2.99. The fraction of sp³-hybridized carbons (Fsp3) is 0.231. The van der Waals surface area contributed by atoms with Crippen molar-refractivity contribution in [2.24, 2.45) is 0 Å². The molecule has 3 aromatic rings. The first-order valence-electron chi connectivity index (χ1n) is 10.5. The lowest BCUT2D eigenvalue weighted by molar-refractivity contribution is -0.217. The van der Waals surface area contributed by atoms with Crippen molar-refractivity contribution in [2.45, 2.75) is 26.1 Å². The number of rotatable bonds is 8. The molecule has 0 saturated heterocycles. The number of benzene rings is 3. The first kappa shape index (κ1) is 25.0. The van der Waals surface area contributed by atoms with E-state index in [9.17, 15) is 22.8 Å². The standard InChI is InChI=1S/C26H23F3O5/c1-3-32-16-23(26(27,28)29)34-25(31)21-12-14-22(15-13-21)33-24(30)20-10-8-19(9-11-20)18-6-4-17(2)5-7-18/h4-15,23H,3,16H2,1-2H3. The molecule has 0 amide bonds. The number of hydrogen-bond donors (Lipinski definition) is 0. The Bertz CT molecular complexity index is 1110. The Hall–Kier alpha value is -3.65. The number of carbonyl (C=O) groups is 2. The number of alkyl halides is 3. The molecule has 0 aromatic heterocycles. The lowest BCUT2D eigenvalue weighted by Crippen LogP contribution is -2.37. The van der Waals surface area contributed by atoms with Gasteiger partial charge in [-0.25, -0.2) is 9.59 Å². The smallest absolute Gasteiger partial charge is 0.427 e. The first-order valence-corrected chi connectivity index (χ1v) is 10.5. The van der Waals surface area contributed by atoms with Gasteiger partial charge in [0.25, 0.3) is 0 Å². The molecular formula is C26H23F3O5. The van der Waals surface area contributed by atoms with Gasteiger partial charge in [0.05, 0.1) is 17.7 Å². The van der Waals surface area contributed by atoms with Crippen LogP contribution in [0.25, 0.3) is 11.1 Å². The maximum atomic E-state index is 13.0. The largest absolute Gasteiger partial charge is 0.447 e. The van der Waals surface area contributed by atoms with Gasteiger partial charge in [-0.1, -0.05) is 42.0 Å². The van der Waals surface area contributed by atoms with Crippen LogP contribution < -0.4 is 4.74 Å². The molecule has 0 N–H and O–H groups in total. The molecule has 0 saturated carbocycles. The summed E-state index contributed by atoms with van der Waals surface area (Å²) in [5.74, 6) is -1.64. The Balaban J connectivity index is 1.62. The van der Waals surface area contributed by atoms with Crippen LogP contribution in [0, 0.1) is 6.92 Å². The lowest BCUT2D eigenvalue weighted by Gasteiger charge is -2.20. The highest BCUT2D eigenvalue weighted by Crippen LogP contribution is 2.25. The molecule has 8 heteroatoms. The fourth-order valence-electron chi connectivity index (χ4n) is 2.99. The minimum atomic E-state index is -4.75. The topological polar surface area (TPSA) is 61.8 Å². The van der Waals surface area contributed by atoms with Crippen LogP contribution in [0.1, 0.15) is 33.2 Å². The van der Waals surface area contributed by atoms with Crippen LogP contribution in [0.4, 0.5) is 13.2 Å². The molecule has 34 heavy (non-hydrogen) atoms. The van der Waals surface area contributed by atoms with E-state index in [2.05, 4.69) is 4.74 Å². The Labute approximate surface area is 195 Å². The summed E-state index contributed by atoms with van der Waals surface area (Å²) in [6.45, 7) is 2.80. The summed E-state index contributed by atoms with van der Waals surface area (Å²) in [6.07, 6.45) is -7.13. The number of ether oxygens (including phenoxy) is 3. The Morgan fingerprint density at radius 2 is 1.29 bits per heavy atom. The van der Waals surface area contributed by atoms with E-state index < -0.39 is 30.8 Å². The van der Waals surface area contributed by atoms with Crippen LogP contribution in [0.3, 0.4) is 0 Å². The molecule has 0 heterocycles. The molecule has 0 aliphatic carbocycles. The van der Waals surface area contributed by atoms with Crippen molar-refractivity contribution in [1.29, 1.82) is 0 Å². The van der Waals surface area contributed by atoms with E-state index in [0.717, 1.165) is 16.7 Å². The molecule has 1 atom stereocenters. The van der Waals surface area contributed by atoms with Crippen LogP contribution in [0.15, 0.2) is 72.8 Å². The summed E-state index contributed by atoms with van der Waals surface area (Å²) in [6, 6.07) is 19.9. The second kappa shape index (κ2) is 11.0. The zero-order valence-electron chi connectivity index (χ0n) is 18.6. The van der Waals surface area contributed by atoms with Gasteiger partial charge >= 0.3 is 18.1 Å². The summed E-state index contributed by atoms with van der Waals surface area (Å²) in [4.78, 5) is 24.5. The number of carbonyl (C=O) groups excluding carboxylic acids is 2. The van der Waals surface area contributed by atoms with Gasteiger partial charge in [-0.3, -0.25) is 0 Å². The van der Waals surface area contributed by atoms with Gasteiger partial charge in [-0.15, -0.1) is 0 Å². The molecule has 1 unspecified atom stereocenters. The lowest BCUT2D eigenvalue weighted by atomic mass is 10.0.